The number of carbonyl (C=O) groups is 3. The van der Waals surface area contributed by atoms with Crippen LogP contribution in [-0.2, 0) is 9.59 Å². The quantitative estimate of drug-likeness (QED) is 0.759. The fourth-order valence-electron chi connectivity index (χ4n) is 2.44. The van der Waals surface area contributed by atoms with Crippen LogP contribution in [0.4, 0.5) is 5.69 Å². The van der Waals surface area contributed by atoms with Gasteiger partial charge in [-0.15, -0.1) is 0 Å². The van der Waals surface area contributed by atoms with Gasteiger partial charge in [0.25, 0.3) is 0 Å². The van der Waals surface area contributed by atoms with E-state index in [-0.39, 0.29) is 29.4 Å². The molecule has 0 saturated heterocycles. The molecule has 0 spiro atoms. The Morgan fingerprint density at radius 3 is 2.52 bits per heavy atom. The van der Waals surface area contributed by atoms with Crippen molar-refractivity contribution in [3.8, 4) is 0 Å². The van der Waals surface area contributed by atoms with Crippen molar-refractivity contribution in [2.75, 3.05) is 11.9 Å². The van der Waals surface area contributed by atoms with E-state index in [9.17, 15) is 14.4 Å². The van der Waals surface area contributed by atoms with Gasteiger partial charge in [-0.05, 0) is 37.8 Å². The molecule has 2 amide bonds. The molecule has 124 valence electrons. The molecule has 0 bridgehead atoms. The molecule has 2 N–H and O–H groups in total. The third-order valence-electron chi connectivity index (χ3n) is 4.02. The lowest BCUT2D eigenvalue weighted by Crippen LogP contribution is -2.28. The topological polar surface area (TPSA) is 75.3 Å². The Morgan fingerprint density at radius 2 is 1.87 bits per heavy atom. The van der Waals surface area contributed by atoms with Gasteiger partial charge in [0.05, 0.1) is 11.8 Å². The second kappa shape index (κ2) is 7.40. The molecule has 5 heteroatoms. The predicted octanol–water partition coefficient (Wildman–Crippen LogP) is 2.63. The first-order valence-corrected chi connectivity index (χ1v) is 8.08. The number of amides is 2. The lowest BCUT2D eigenvalue weighted by molar-refractivity contribution is -0.125. The number of hydrogen-bond acceptors (Lipinski definition) is 3. The highest BCUT2D eigenvalue weighted by atomic mass is 16.2. The molecule has 1 aliphatic rings. The van der Waals surface area contributed by atoms with Crippen molar-refractivity contribution in [1.82, 2.24) is 5.32 Å². The van der Waals surface area contributed by atoms with Gasteiger partial charge in [0.15, 0.2) is 5.78 Å². The Morgan fingerprint density at radius 1 is 1.17 bits per heavy atom. The fourth-order valence-corrected chi connectivity index (χ4v) is 2.44. The van der Waals surface area contributed by atoms with Crippen LogP contribution in [-0.4, -0.2) is 24.1 Å². The zero-order chi connectivity index (χ0) is 17.0. The average Bonchev–Trinajstić information content (AvgIpc) is 3.27. The highest BCUT2D eigenvalue weighted by Gasteiger charge is 2.47. The van der Waals surface area contributed by atoms with E-state index in [0.717, 1.165) is 6.42 Å². The molecule has 1 saturated carbocycles. The molecule has 0 heterocycles. The summed E-state index contributed by atoms with van der Waals surface area (Å²) < 4.78 is 0. The number of rotatable bonds is 7. The van der Waals surface area contributed by atoms with Crippen molar-refractivity contribution in [3.05, 3.63) is 29.8 Å². The minimum atomic E-state index is -0.268. The molecule has 2 unspecified atom stereocenters. The van der Waals surface area contributed by atoms with Crippen LogP contribution in [0.5, 0.6) is 0 Å². The normalized spacial score (nSPS) is 19.3. The standard InChI is InChI=1S/C18H24N2O3/c1-11(2)7-8-19-17(22)15-10-16(15)18(23)20-14-6-4-5-13(9-14)12(3)21/h4-6,9,11,15-16H,7-8,10H2,1-3H3,(H,19,22)(H,20,23). The van der Waals surface area contributed by atoms with Crippen LogP contribution in [0.1, 0.15) is 44.0 Å². The molecule has 1 aromatic rings. The molecule has 1 aromatic carbocycles. The van der Waals surface area contributed by atoms with E-state index in [4.69, 9.17) is 0 Å². The molecule has 5 nitrogen and oxygen atoms in total. The summed E-state index contributed by atoms with van der Waals surface area (Å²) in [6, 6.07) is 6.83. The van der Waals surface area contributed by atoms with E-state index in [0.29, 0.717) is 30.1 Å². The molecule has 1 aliphatic carbocycles. The van der Waals surface area contributed by atoms with E-state index < -0.39 is 0 Å². The first-order chi connectivity index (χ1) is 10.9. The SMILES string of the molecule is CC(=O)c1cccc(NC(=O)C2CC2C(=O)NCCC(C)C)c1. The highest BCUT2D eigenvalue weighted by molar-refractivity contribution is 6.01. The van der Waals surface area contributed by atoms with Crippen LogP contribution in [0.2, 0.25) is 0 Å². The van der Waals surface area contributed by atoms with Gasteiger partial charge in [-0.2, -0.15) is 0 Å². The summed E-state index contributed by atoms with van der Waals surface area (Å²) in [6.07, 6.45) is 1.53. The van der Waals surface area contributed by atoms with Gasteiger partial charge in [-0.3, -0.25) is 14.4 Å². The Balaban J connectivity index is 1.83. The molecule has 23 heavy (non-hydrogen) atoms. The summed E-state index contributed by atoms with van der Waals surface area (Å²) >= 11 is 0. The second-order valence-electron chi connectivity index (χ2n) is 6.55. The largest absolute Gasteiger partial charge is 0.356 e. The van der Waals surface area contributed by atoms with Gasteiger partial charge < -0.3 is 10.6 Å². The van der Waals surface area contributed by atoms with Crippen molar-refractivity contribution in [3.63, 3.8) is 0 Å². The monoisotopic (exact) mass is 316 g/mol. The summed E-state index contributed by atoms with van der Waals surface area (Å²) in [6.45, 7) is 6.35. The lowest BCUT2D eigenvalue weighted by atomic mass is 10.1. The fraction of sp³-hybridized carbons (Fsp3) is 0.500. The molecular formula is C18H24N2O3. The number of benzene rings is 1. The van der Waals surface area contributed by atoms with Crippen LogP contribution in [0.25, 0.3) is 0 Å². The van der Waals surface area contributed by atoms with E-state index in [1.54, 1.807) is 24.3 Å². The summed E-state index contributed by atoms with van der Waals surface area (Å²) in [5, 5.41) is 5.67. The Hall–Kier alpha value is -2.17. The van der Waals surface area contributed by atoms with Crippen molar-refractivity contribution in [2.24, 2.45) is 17.8 Å². The maximum Gasteiger partial charge on any atom is 0.228 e. The minimum absolute atomic E-state index is 0.0386. The van der Waals surface area contributed by atoms with E-state index in [1.807, 2.05) is 0 Å². The molecule has 1 fully saturated rings. The van der Waals surface area contributed by atoms with Gasteiger partial charge in [0, 0.05) is 17.8 Å². The number of carbonyl (C=O) groups excluding carboxylic acids is 3. The smallest absolute Gasteiger partial charge is 0.228 e. The van der Waals surface area contributed by atoms with Gasteiger partial charge >= 0.3 is 0 Å². The maximum atomic E-state index is 12.2. The number of hydrogen-bond donors (Lipinski definition) is 2. The molecular weight excluding hydrogens is 292 g/mol. The van der Waals surface area contributed by atoms with Crippen LogP contribution < -0.4 is 10.6 Å². The van der Waals surface area contributed by atoms with Crippen LogP contribution >= 0.6 is 0 Å². The van der Waals surface area contributed by atoms with Gasteiger partial charge in [-0.1, -0.05) is 26.0 Å². The molecule has 0 aromatic heterocycles. The third kappa shape index (κ3) is 4.91. The van der Waals surface area contributed by atoms with Crippen molar-refractivity contribution >= 4 is 23.3 Å². The summed E-state index contributed by atoms with van der Waals surface area (Å²) in [5.41, 5.74) is 1.15. The number of Topliss-reactive ketones (excluding diaryl/α,β-unsaturated/α-hetero) is 1. The minimum Gasteiger partial charge on any atom is -0.356 e. The molecule has 0 aliphatic heterocycles. The van der Waals surface area contributed by atoms with E-state index >= 15 is 0 Å². The Kier molecular flexibility index (Phi) is 5.53. The van der Waals surface area contributed by atoms with E-state index in [2.05, 4.69) is 24.5 Å². The molecule has 2 atom stereocenters. The van der Waals surface area contributed by atoms with Gasteiger partial charge in [-0.25, -0.2) is 0 Å². The third-order valence-corrected chi connectivity index (χ3v) is 4.02. The Labute approximate surface area is 136 Å². The summed E-state index contributed by atoms with van der Waals surface area (Å²) in [4.78, 5) is 35.5. The zero-order valence-electron chi connectivity index (χ0n) is 13.9. The summed E-state index contributed by atoms with van der Waals surface area (Å²) in [5.74, 6) is -0.191. The predicted molar refractivity (Wildman–Crippen MR) is 89.1 cm³/mol. The second-order valence-corrected chi connectivity index (χ2v) is 6.55. The van der Waals surface area contributed by atoms with Crippen molar-refractivity contribution in [1.29, 1.82) is 0 Å². The van der Waals surface area contributed by atoms with Gasteiger partial charge in [0.1, 0.15) is 0 Å². The van der Waals surface area contributed by atoms with Crippen LogP contribution in [0.3, 0.4) is 0 Å². The average molecular weight is 316 g/mol. The van der Waals surface area contributed by atoms with Crippen molar-refractivity contribution in [2.45, 2.75) is 33.6 Å². The van der Waals surface area contributed by atoms with Crippen LogP contribution in [0.15, 0.2) is 24.3 Å². The van der Waals surface area contributed by atoms with Crippen molar-refractivity contribution < 1.29 is 14.4 Å². The Bertz CT molecular complexity index is 610. The number of ketones is 1. The highest BCUT2D eigenvalue weighted by Crippen LogP contribution is 2.39. The molecule has 0 radical (unpaired) electrons. The number of nitrogens with one attached hydrogen (secondary N) is 2. The van der Waals surface area contributed by atoms with Crippen LogP contribution in [0, 0.1) is 17.8 Å². The molecule has 2 rings (SSSR count). The zero-order valence-corrected chi connectivity index (χ0v) is 13.9. The van der Waals surface area contributed by atoms with E-state index in [1.165, 1.54) is 6.92 Å². The lowest BCUT2D eigenvalue weighted by Gasteiger charge is -2.08. The maximum absolute atomic E-state index is 12.2. The first-order valence-electron chi connectivity index (χ1n) is 8.08. The summed E-state index contributed by atoms with van der Waals surface area (Å²) in [7, 11) is 0. The number of anilines is 1. The first kappa shape index (κ1) is 17.2. The van der Waals surface area contributed by atoms with Gasteiger partial charge in [0.2, 0.25) is 11.8 Å².